The van der Waals surface area contributed by atoms with Gasteiger partial charge in [0.2, 0.25) is 5.95 Å². The van der Waals surface area contributed by atoms with Gasteiger partial charge in [-0.05, 0) is 49.9 Å². The number of aromatic nitrogens is 2. The molecule has 28 heavy (non-hydrogen) atoms. The number of nitrogen functional groups attached to an aromatic ring is 1. The molecule has 7 heteroatoms. The van der Waals surface area contributed by atoms with Crippen LogP contribution in [0.25, 0.3) is 0 Å². The minimum absolute atomic E-state index is 0.167. The van der Waals surface area contributed by atoms with E-state index in [0.29, 0.717) is 5.95 Å². The first-order valence-corrected chi connectivity index (χ1v) is 9.77. The summed E-state index contributed by atoms with van der Waals surface area (Å²) in [5.74, 6) is 2.10. The topological polar surface area (TPSA) is 87.7 Å². The molecule has 1 aromatic heterocycles. The first kappa shape index (κ1) is 20.4. The molecule has 2 aromatic rings. The minimum Gasteiger partial charge on any atom is -0.496 e. The summed E-state index contributed by atoms with van der Waals surface area (Å²) in [6.07, 6.45) is 0.726. The maximum atomic E-state index is 9.61. The molecule has 0 spiro atoms. The lowest BCUT2D eigenvalue weighted by Crippen LogP contribution is -2.53. The molecule has 3 N–H and O–H groups in total. The van der Waals surface area contributed by atoms with Gasteiger partial charge in [-0.15, -0.1) is 0 Å². The predicted molar refractivity (Wildman–Crippen MR) is 112 cm³/mol. The monoisotopic (exact) mass is 385 g/mol. The number of aryl methyl sites for hydroxylation is 1. The molecule has 1 aromatic carbocycles. The standard InChI is InChI=1S/C21H31N5O2/c1-14-11-20(24-21(22)23-14)26-9-8-25(18(13-26)7-10-27)12-17-5-6-19(28-4)16(3)15(17)2/h5-6,11,18,27H,7-10,12-13H2,1-4H3,(H2,22,23,24)/t18-/m0/s1. The fraction of sp³-hybridized carbons (Fsp3) is 0.524. The van der Waals surface area contributed by atoms with Gasteiger partial charge in [-0.2, -0.15) is 4.98 Å². The van der Waals surface area contributed by atoms with Crippen molar-refractivity contribution in [2.45, 2.75) is 39.8 Å². The Balaban J connectivity index is 1.77. The van der Waals surface area contributed by atoms with E-state index in [2.05, 4.69) is 39.7 Å². The molecule has 1 saturated heterocycles. The van der Waals surface area contributed by atoms with E-state index in [9.17, 15) is 5.11 Å². The van der Waals surface area contributed by atoms with Gasteiger partial charge in [-0.25, -0.2) is 4.98 Å². The maximum Gasteiger partial charge on any atom is 0.222 e. The van der Waals surface area contributed by atoms with Crippen LogP contribution in [0.15, 0.2) is 18.2 Å². The Morgan fingerprint density at radius 3 is 2.64 bits per heavy atom. The van der Waals surface area contributed by atoms with Gasteiger partial charge in [0.15, 0.2) is 0 Å². The van der Waals surface area contributed by atoms with Gasteiger partial charge in [-0.3, -0.25) is 4.90 Å². The molecule has 1 fully saturated rings. The van der Waals surface area contributed by atoms with Gasteiger partial charge in [0, 0.05) is 50.6 Å². The molecule has 3 rings (SSSR count). The van der Waals surface area contributed by atoms with Gasteiger partial charge < -0.3 is 20.5 Å². The second-order valence-corrected chi connectivity index (χ2v) is 7.49. The Morgan fingerprint density at radius 2 is 1.96 bits per heavy atom. The zero-order chi connectivity index (χ0) is 20.3. The number of methoxy groups -OCH3 is 1. The number of piperazine rings is 1. The summed E-state index contributed by atoms with van der Waals surface area (Å²) in [6.45, 7) is 9.78. The largest absolute Gasteiger partial charge is 0.496 e. The Kier molecular flexibility index (Phi) is 6.36. The van der Waals surface area contributed by atoms with Gasteiger partial charge >= 0.3 is 0 Å². The normalized spacial score (nSPS) is 17.8. The lowest BCUT2D eigenvalue weighted by atomic mass is 10.00. The van der Waals surface area contributed by atoms with Crippen LogP contribution >= 0.6 is 0 Å². The highest BCUT2D eigenvalue weighted by molar-refractivity contribution is 5.45. The van der Waals surface area contributed by atoms with Crippen LogP contribution in [-0.4, -0.2) is 59.4 Å². The van der Waals surface area contributed by atoms with Crippen molar-refractivity contribution in [1.29, 1.82) is 0 Å². The van der Waals surface area contributed by atoms with Crippen molar-refractivity contribution < 1.29 is 9.84 Å². The molecular weight excluding hydrogens is 354 g/mol. The lowest BCUT2D eigenvalue weighted by molar-refractivity contribution is 0.135. The van der Waals surface area contributed by atoms with Gasteiger partial charge in [0.1, 0.15) is 11.6 Å². The van der Waals surface area contributed by atoms with Crippen molar-refractivity contribution in [1.82, 2.24) is 14.9 Å². The van der Waals surface area contributed by atoms with Crippen molar-refractivity contribution in [3.05, 3.63) is 40.6 Å². The number of hydrogen-bond donors (Lipinski definition) is 2. The average molecular weight is 386 g/mol. The summed E-state index contributed by atoms with van der Waals surface area (Å²) in [4.78, 5) is 13.3. The maximum absolute atomic E-state index is 9.61. The fourth-order valence-corrected chi connectivity index (χ4v) is 3.93. The number of rotatable bonds is 6. The molecule has 2 heterocycles. The summed E-state index contributed by atoms with van der Waals surface area (Å²) in [7, 11) is 1.71. The van der Waals surface area contributed by atoms with Crippen molar-refractivity contribution in [3.8, 4) is 5.75 Å². The van der Waals surface area contributed by atoms with E-state index in [1.807, 2.05) is 19.1 Å². The fourth-order valence-electron chi connectivity index (χ4n) is 3.93. The molecule has 0 aliphatic carbocycles. The van der Waals surface area contributed by atoms with Crippen LogP contribution in [0.3, 0.4) is 0 Å². The van der Waals surface area contributed by atoms with Crippen LogP contribution in [-0.2, 0) is 6.54 Å². The molecule has 0 saturated carbocycles. The molecule has 0 bridgehead atoms. The summed E-state index contributed by atoms with van der Waals surface area (Å²) < 4.78 is 5.44. The van der Waals surface area contributed by atoms with Gasteiger partial charge in [0.05, 0.1) is 7.11 Å². The van der Waals surface area contributed by atoms with Gasteiger partial charge in [0.25, 0.3) is 0 Å². The number of aliphatic hydroxyl groups excluding tert-OH is 1. The highest BCUT2D eigenvalue weighted by Crippen LogP contribution is 2.27. The van der Waals surface area contributed by atoms with Crippen LogP contribution in [0, 0.1) is 20.8 Å². The molecule has 152 valence electrons. The second kappa shape index (κ2) is 8.75. The first-order chi connectivity index (χ1) is 13.4. The highest BCUT2D eigenvalue weighted by atomic mass is 16.5. The van der Waals surface area contributed by atoms with E-state index in [0.717, 1.165) is 49.9 Å². The molecule has 7 nitrogen and oxygen atoms in total. The van der Waals surface area contributed by atoms with Crippen LogP contribution in [0.2, 0.25) is 0 Å². The van der Waals surface area contributed by atoms with Crippen molar-refractivity contribution >= 4 is 11.8 Å². The molecule has 0 radical (unpaired) electrons. The minimum atomic E-state index is 0.167. The molecular formula is C21H31N5O2. The number of nitrogens with two attached hydrogens (primary N) is 1. The summed E-state index contributed by atoms with van der Waals surface area (Å²) >= 11 is 0. The van der Waals surface area contributed by atoms with E-state index >= 15 is 0 Å². The van der Waals surface area contributed by atoms with E-state index in [1.54, 1.807) is 7.11 Å². The predicted octanol–water partition coefficient (Wildman–Crippen LogP) is 2.07. The third kappa shape index (κ3) is 4.36. The number of ether oxygens (including phenoxy) is 1. The Hall–Kier alpha value is -2.38. The van der Waals surface area contributed by atoms with Crippen LogP contribution in [0.1, 0.15) is 28.8 Å². The number of hydrogen-bond acceptors (Lipinski definition) is 7. The zero-order valence-corrected chi connectivity index (χ0v) is 17.3. The van der Waals surface area contributed by atoms with Gasteiger partial charge in [-0.1, -0.05) is 6.07 Å². The molecule has 1 atom stereocenters. The SMILES string of the molecule is COc1ccc(CN2CCN(c3cc(C)nc(N)n3)C[C@@H]2CCO)c(C)c1C. The summed E-state index contributed by atoms with van der Waals surface area (Å²) in [6, 6.07) is 6.41. The van der Waals surface area contributed by atoms with Crippen LogP contribution < -0.4 is 15.4 Å². The molecule has 0 amide bonds. The third-order valence-corrected chi connectivity index (χ3v) is 5.69. The number of benzene rings is 1. The number of aliphatic hydroxyl groups is 1. The molecule has 1 aliphatic rings. The van der Waals surface area contributed by atoms with E-state index in [4.69, 9.17) is 10.5 Å². The van der Waals surface area contributed by atoms with E-state index < -0.39 is 0 Å². The van der Waals surface area contributed by atoms with E-state index in [-0.39, 0.29) is 12.6 Å². The Bertz CT molecular complexity index is 806. The smallest absolute Gasteiger partial charge is 0.222 e. The third-order valence-electron chi connectivity index (χ3n) is 5.69. The number of nitrogens with zero attached hydrogens (tertiary/aromatic N) is 4. The van der Waals surface area contributed by atoms with Crippen LogP contribution in [0.5, 0.6) is 5.75 Å². The van der Waals surface area contributed by atoms with Crippen molar-refractivity contribution in [2.24, 2.45) is 0 Å². The zero-order valence-electron chi connectivity index (χ0n) is 17.3. The lowest BCUT2D eigenvalue weighted by Gasteiger charge is -2.42. The Labute approximate surface area is 167 Å². The first-order valence-electron chi connectivity index (χ1n) is 9.77. The molecule has 1 aliphatic heterocycles. The second-order valence-electron chi connectivity index (χ2n) is 7.49. The summed E-state index contributed by atoms with van der Waals surface area (Å²) in [5.41, 5.74) is 10.5. The number of anilines is 2. The van der Waals surface area contributed by atoms with Crippen molar-refractivity contribution in [3.63, 3.8) is 0 Å². The summed E-state index contributed by atoms with van der Waals surface area (Å²) in [5, 5.41) is 9.61. The Morgan fingerprint density at radius 1 is 1.18 bits per heavy atom. The molecule has 0 unspecified atom stereocenters. The van der Waals surface area contributed by atoms with Crippen molar-refractivity contribution in [2.75, 3.05) is 44.0 Å². The van der Waals surface area contributed by atoms with Crippen LogP contribution in [0.4, 0.5) is 11.8 Å². The average Bonchev–Trinajstić information content (AvgIpc) is 2.66. The van der Waals surface area contributed by atoms with E-state index in [1.165, 1.54) is 16.7 Å². The quantitative estimate of drug-likeness (QED) is 0.787. The highest BCUT2D eigenvalue weighted by Gasteiger charge is 2.28.